The highest BCUT2D eigenvalue weighted by atomic mass is 19.1. The molecule has 0 atom stereocenters. The third-order valence-corrected chi connectivity index (χ3v) is 3.80. The molecule has 2 amide bonds. The number of carbonyl (C=O) groups is 2. The molecule has 1 aliphatic rings. The average molecular weight is 348 g/mol. The number of aryl methyl sites for hydroxylation is 1. The van der Waals surface area contributed by atoms with Gasteiger partial charge in [-0.15, -0.1) is 0 Å². The Hall–Kier alpha value is -3.30. The Labute approximate surface area is 140 Å². The number of aromatic nitrogens is 1. The second-order valence-corrected chi connectivity index (χ2v) is 5.64. The predicted octanol–water partition coefficient (Wildman–Crippen LogP) is 1.74. The first-order valence-corrected chi connectivity index (χ1v) is 7.32. The molecule has 0 bridgehead atoms. The molecular formula is C15H13FN4O5. The summed E-state index contributed by atoms with van der Waals surface area (Å²) < 4.78 is 18.1. The van der Waals surface area contributed by atoms with Gasteiger partial charge in [-0.25, -0.2) is 0 Å². The van der Waals surface area contributed by atoms with Crippen LogP contribution in [-0.2, 0) is 4.79 Å². The molecule has 0 radical (unpaired) electrons. The van der Waals surface area contributed by atoms with E-state index >= 15 is 0 Å². The first-order chi connectivity index (χ1) is 11.8. The van der Waals surface area contributed by atoms with Gasteiger partial charge >= 0.3 is 5.69 Å². The van der Waals surface area contributed by atoms with Gasteiger partial charge in [0.15, 0.2) is 5.69 Å². The molecule has 1 saturated heterocycles. The summed E-state index contributed by atoms with van der Waals surface area (Å²) in [5.41, 5.74) is -0.426. The van der Waals surface area contributed by atoms with Gasteiger partial charge in [-0.3, -0.25) is 19.7 Å². The maximum absolute atomic E-state index is 13.3. The first kappa shape index (κ1) is 16.6. The molecule has 0 spiro atoms. The fourth-order valence-corrected chi connectivity index (χ4v) is 2.41. The van der Waals surface area contributed by atoms with E-state index in [1.807, 2.05) is 0 Å². The van der Waals surface area contributed by atoms with Crippen LogP contribution in [0.25, 0.3) is 0 Å². The van der Waals surface area contributed by atoms with Crippen molar-refractivity contribution in [3.8, 4) is 0 Å². The molecule has 25 heavy (non-hydrogen) atoms. The molecule has 1 aliphatic heterocycles. The molecule has 1 fully saturated rings. The minimum atomic E-state index is -0.980. The molecule has 0 saturated carbocycles. The maximum atomic E-state index is 13.3. The summed E-state index contributed by atoms with van der Waals surface area (Å²) in [4.78, 5) is 35.5. The molecule has 1 aromatic heterocycles. The lowest BCUT2D eigenvalue weighted by Gasteiger charge is -2.37. The Morgan fingerprint density at radius 3 is 2.72 bits per heavy atom. The number of halogens is 1. The van der Waals surface area contributed by atoms with Crippen molar-refractivity contribution in [1.82, 2.24) is 10.1 Å². The number of carbonyl (C=O) groups excluding carboxylic acids is 2. The van der Waals surface area contributed by atoms with Crippen LogP contribution in [0.15, 0.2) is 28.8 Å². The van der Waals surface area contributed by atoms with Gasteiger partial charge in [-0.05, 0) is 19.1 Å². The Balaban J connectivity index is 1.58. The summed E-state index contributed by atoms with van der Waals surface area (Å²) in [7, 11) is 0. The summed E-state index contributed by atoms with van der Waals surface area (Å²) in [5.74, 6) is -1.66. The summed E-state index contributed by atoms with van der Waals surface area (Å²) in [6.45, 7) is 2.05. The number of anilines is 1. The number of nitrogens with zero attached hydrogens (tertiary/aromatic N) is 3. The monoisotopic (exact) mass is 348 g/mol. The molecule has 10 heteroatoms. The number of nitrogens with one attached hydrogen (secondary N) is 1. The summed E-state index contributed by atoms with van der Waals surface area (Å²) in [6.07, 6.45) is 0. The van der Waals surface area contributed by atoms with Crippen molar-refractivity contribution in [3.63, 3.8) is 0 Å². The van der Waals surface area contributed by atoms with E-state index in [0.717, 1.165) is 12.1 Å². The SMILES string of the molecule is Cc1cc(C(=O)N2CC(C(=O)Nc3ccc(F)c([N+](=O)[O-])c3)C2)no1. The molecule has 2 aromatic rings. The van der Waals surface area contributed by atoms with Gasteiger partial charge in [0, 0.05) is 30.9 Å². The van der Waals surface area contributed by atoms with Crippen molar-refractivity contribution in [2.75, 3.05) is 18.4 Å². The number of hydrogen-bond donors (Lipinski definition) is 1. The minimum Gasteiger partial charge on any atom is -0.361 e. The van der Waals surface area contributed by atoms with E-state index in [1.165, 1.54) is 17.0 Å². The van der Waals surface area contributed by atoms with Gasteiger partial charge in [0.25, 0.3) is 5.91 Å². The molecule has 1 aromatic carbocycles. The molecular weight excluding hydrogens is 335 g/mol. The van der Waals surface area contributed by atoms with Crippen molar-refractivity contribution in [2.24, 2.45) is 5.92 Å². The number of hydrogen-bond acceptors (Lipinski definition) is 6. The van der Waals surface area contributed by atoms with Gasteiger partial charge in [-0.1, -0.05) is 5.16 Å². The predicted molar refractivity (Wildman–Crippen MR) is 82.3 cm³/mol. The summed E-state index contributed by atoms with van der Waals surface area (Å²) in [5, 5.41) is 16.8. The zero-order valence-corrected chi connectivity index (χ0v) is 13.1. The highest BCUT2D eigenvalue weighted by Crippen LogP contribution is 2.24. The summed E-state index contributed by atoms with van der Waals surface area (Å²) >= 11 is 0. The van der Waals surface area contributed by atoms with Crippen molar-refractivity contribution in [1.29, 1.82) is 0 Å². The van der Waals surface area contributed by atoms with Crippen LogP contribution in [0, 0.1) is 28.8 Å². The van der Waals surface area contributed by atoms with Gasteiger partial charge in [0.05, 0.1) is 10.8 Å². The van der Waals surface area contributed by atoms with Crippen LogP contribution in [-0.4, -0.2) is 39.9 Å². The number of rotatable bonds is 4. The second kappa shape index (κ2) is 6.30. The van der Waals surface area contributed by atoms with Crippen LogP contribution >= 0.6 is 0 Å². The maximum Gasteiger partial charge on any atom is 0.306 e. The lowest BCUT2D eigenvalue weighted by atomic mass is 9.98. The first-order valence-electron chi connectivity index (χ1n) is 7.32. The number of amides is 2. The van der Waals surface area contributed by atoms with E-state index < -0.39 is 28.3 Å². The highest BCUT2D eigenvalue weighted by Gasteiger charge is 2.37. The van der Waals surface area contributed by atoms with Crippen molar-refractivity contribution >= 4 is 23.2 Å². The number of nitro groups is 1. The van der Waals surface area contributed by atoms with Gasteiger partial charge in [0.2, 0.25) is 11.7 Å². The number of likely N-dealkylation sites (tertiary alicyclic amines) is 1. The quantitative estimate of drug-likeness (QED) is 0.664. The smallest absolute Gasteiger partial charge is 0.306 e. The Morgan fingerprint density at radius 2 is 2.12 bits per heavy atom. The lowest BCUT2D eigenvalue weighted by Crippen LogP contribution is -2.54. The molecule has 0 unspecified atom stereocenters. The number of nitro benzene ring substituents is 1. The zero-order valence-electron chi connectivity index (χ0n) is 13.1. The largest absolute Gasteiger partial charge is 0.361 e. The van der Waals surface area contributed by atoms with Gasteiger partial charge in [0.1, 0.15) is 5.76 Å². The Morgan fingerprint density at radius 1 is 1.40 bits per heavy atom. The van der Waals surface area contributed by atoms with E-state index in [0.29, 0.717) is 5.76 Å². The molecule has 0 aliphatic carbocycles. The van der Waals surface area contributed by atoms with Crippen LogP contribution in [0.2, 0.25) is 0 Å². The van der Waals surface area contributed by atoms with Crippen LogP contribution in [0.1, 0.15) is 16.2 Å². The third kappa shape index (κ3) is 3.32. The van der Waals surface area contributed by atoms with Crippen LogP contribution < -0.4 is 5.32 Å². The van der Waals surface area contributed by atoms with Gasteiger partial charge in [-0.2, -0.15) is 4.39 Å². The second-order valence-electron chi connectivity index (χ2n) is 5.64. The Kier molecular flexibility index (Phi) is 4.17. The lowest BCUT2D eigenvalue weighted by molar-refractivity contribution is -0.387. The molecule has 1 N–H and O–H groups in total. The fourth-order valence-electron chi connectivity index (χ4n) is 2.41. The Bertz CT molecular complexity index is 859. The van der Waals surface area contributed by atoms with E-state index in [-0.39, 0.29) is 30.4 Å². The normalized spacial score (nSPS) is 14.1. The topological polar surface area (TPSA) is 119 Å². The molecule has 2 heterocycles. The number of benzene rings is 1. The van der Waals surface area contributed by atoms with E-state index in [4.69, 9.17) is 4.52 Å². The average Bonchev–Trinajstić information content (AvgIpc) is 2.94. The highest BCUT2D eigenvalue weighted by molar-refractivity contribution is 5.97. The van der Waals surface area contributed by atoms with Crippen molar-refractivity contribution < 1.29 is 23.4 Å². The standard InChI is InChI=1S/C15H13FN4O5/c1-8-4-12(18-25-8)15(22)19-6-9(7-19)14(21)17-10-2-3-11(16)13(5-10)20(23)24/h2-5,9H,6-7H2,1H3,(H,17,21). The van der Waals surface area contributed by atoms with Crippen molar-refractivity contribution in [3.05, 3.63) is 51.7 Å². The van der Waals surface area contributed by atoms with E-state index in [9.17, 15) is 24.1 Å². The molecule has 130 valence electrons. The molecule has 9 nitrogen and oxygen atoms in total. The van der Waals surface area contributed by atoms with E-state index in [2.05, 4.69) is 10.5 Å². The third-order valence-electron chi connectivity index (χ3n) is 3.80. The van der Waals surface area contributed by atoms with Crippen LogP contribution in [0.3, 0.4) is 0 Å². The minimum absolute atomic E-state index is 0.120. The zero-order chi connectivity index (χ0) is 18.1. The van der Waals surface area contributed by atoms with Gasteiger partial charge < -0.3 is 14.7 Å². The van der Waals surface area contributed by atoms with E-state index in [1.54, 1.807) is 6.92 Å². The molecule has 3 rings (SSSR count). The van der Waals surface area contributed by atoms with Crippen molar-refractivity contribution in [2.45, 2.75) is 6.92 Å². The van der Waals surface area contributed by atoms with Crippen LogP contribution in [0.4, 0.5) is 15.8 Å². The van der Waals surface area contributed by atoms with Crippen LogP contribution in [0.5, 0.6) is 0 Å². The summed E-state index contributed by atoms with van der Waals surface area (Å²) in [6, 6.07) is 4.61. The fraction of sp³-hybridized carbons (Fsp3) is 0.267.